The second-order valence-electron chi connectivity index (χ2n) is 31.0. The average molecular weight is 1790 g/mol. The summed E-state index contributed by atoms with van der Waals surface area (Å²) in [5.41, 5.74) is 0. The highest BCUT2D eigenvalue weighted by Gasteiger charge is 2.61. The Balaban J connectivity index is 0.909. The maximum atomic E-state index is 13.2. The summed E-state index contributed by atoms with van der Waals surface area (Å²) in [5.74, 6) is -3.60. The summed E-state index contributed by atoms with van der Waals surface area (Å²) in [4.78, 5) is 51.0. The van der Waals surface area contributed by atoms with Gasteiger partial charge in [-0.1, -0.05) is 0 Å². The average Bonchev–Trinajstić information content (AvgIpc) is 0.770. The number of carbonyl (C=O) groups excluding carboxylic acids is 4. The van der Waals surface area contributed by atoms with E-state index in [1.807, 2.05) is 0 Å². The molecule has 10 fully saturated rings. The van der Waals surface area contributed by atoms with Crippen molar-refractivity contribution in [1.82, 2.24) is 21.3 Å². The van der Waals surface area contributed by atoms with Crippen LogP contribution in [0.25, 0.3) is 0 Å². The summed E-state index contributed by atoms with van der Waals surface area (Å²) in [6.45, 7) is -4.43. The molecule has 0 bridgehead atoms. The predicted octanol–water partition coefficient (Wildman–Crippen LogP) is -21.2. The minimum Gasteiger partial charge on any atom is -0.394 e. The molecule has 4 amide bonds. The fraction of sp³-hybridized carbons (Fsp3) is 0.941. The molecule has 0 aromatic carbocycles. The van der Waals surface area contributed by atoms with Crippen molar-refractivity contribution in [1.29, 1.82) is 0 Å². The Hall–Kier alpha value is -3.96. The van der Waals surface area contributed by atoms with Gasteiger partial charge in [0, 0.05) is 27.7 Å². The van der Waals surface area contributed by atoms with Gasteiger partial charge in [0.1, 0.15) is 238 Å². The Bertz CT molecular complexity index is 3280. The van der Waals surface area contributed by atoms with Crippen molar-refractivity contribution in [2.75, 3.05) is 59.5 Å². The van der Waals surface area contributed by atoms with E-state index in [0.717, 1.165) is 27.7 Å². The SMILES string of the molecule is CC(=O)N[C@@H]1[C@@H](O)[C@H](OC2O[C@H](CO)[C@@H](OC3O[C@H](COC4O[C@H](CO)[C@@H](OC5O[C@H](CO)[C@@H](OC6O[C@H](CO)[C@H](O)[C@H](O)[C@H]6O)[C@H](O)[C@H]5NC(C)=O)[C@H](O)[C@@H]4O)[C@@H](O)[C@H](OC4O[C@H](CO)[C@@H](OC5O[C@H](CO)[C@@H](OC6O[C@H](CO)[C@H](O)[C@H](O)[C@H]6O)[C@H](O)[C@H]5NC(C)=O)[C@H](O)[C@@H]4O)[C@@H]3O)[C@H](O)[C@H]2NC(C)=O)[C@@H](CO[C@@H]2O[C@@H](C)[C@@H](O)[C@@H](O)[C@@H]2O)O[C@H]1O. The molecule has 0 radical (unpaired) electrons. The zero-order valence-electron chi connectivity index (χ0n) is 65.7. The van der Waals surface area contributed by atoms with Gasteiger partial charge in [-0.15, -0.1) is 0 Å². The number of carbonyl (C=O) groups is 4. The van der Waals surface area contributed by atoms with Crippen LogP contribution in [0, 0.1) is 0 Å². The first-order valence-corrected chi connectivity index (χ1v) is 39.0. The van der Waals surface area contributed by atoms with E-state index in [0.29, 0.717) is 0 Å². The largest absolute Gasteiger partial charge is 0.394 e. The van der Waals surface area contributed by atoms with Gasteiger partial charge in [-0.05, 0) is 6.92 Å². The third-order valence-electron chi connectivity index (χ3n) is 22.4. The molecule has 54 heteroatoms. The van der Waals surface area contributed by atoms with E-state index in [4.69, 9.17) is 90.0 Å². The normalized spacial score (nSPS) is 49.7. The number of hydrogen-bond acceptors (Lipinski definition) is 50. The summed E-state index contributed by atoms with van der Waals surface area (Å²) < 4.78 is 111. The highest BCUT2D eigenvalue weighted by atomic mass is 16.8. The number of aliphatic hydroxyl groups excluding tert-OH is 27. The minimum atomic E-state index is -2.54. The number of aliphatic hydroxyl groups is 27. The van der Waals surface area contributed by atoms with Crippen molar-refractivity contribution >= 4 is 23.6 Å². The van der Waals surface area contributed by atoms with Crippen LogP contribution < -0.4 is 21.3 Å². The van der Waals surface area contributed by atoms with E-state index < -0.39 is 390 Å². The lowest BCUT2D eigenvalue weighted by Gasteiger charge is -2.51. The van der Waals surface area contributed by atoms with Crippen molar-refractivity contribution in [3.63, 3.8) is 0 Å². The molecule has 10 heterocycles. The lowest BCUT2D eigenvalue weighted by atomic mass is 9.93. The van der Waals surface area contributed by atoms with Crippen molar-refractivity contribution in [3.8, 4) is 0 Å². The van der Waals surface area contributed by atoms with Gasteiger partial charge in [-0.25, -0.2) is 0 Å². The first-order chi connectivity index (χ1) is 57.7. The quantitative estimate of drug-likeness (QED) is 0.0306. The Labute approximate surface area is 691 Å². The monoisotopic (exact) mass is 1790 g/mol. The Morgan fingerprint density at radius 3 is 0.844 bits per heavy atom. The second kappa shape index (κ2) is 43.6. The molecule has 706 valence electrons. The number of hydrogen-bond donors (Lipinski definition) is 31. The lowest BCUT2D eigenvalue weighted by Crippen LogP contribution is -2.71. The Morgan fingerprint density at radius 1 is 0.230 bits per heavy atom. The zero-order valence-corrected chi connectivity index (χ0v) is 65.7. The van der Waals surface area contributed by atoms with Crippen LogP contribution in [-0.2, 0) is 109 Å². The molecule has 0 aromatic rings. The van der Waals surface area contributed by atoms with Gasteiger partial charge < -0.3 is 249 Å². The molecule has 10 saturated heterocycles. The standard InChI is InChI=1S/C68H114N4O50/c1-15-33(84)41(92)46(97)63(106-15)105-14-28-57(37(88)29(59(103)107-28)69-16(2)80)118-62-32(72-19(5)83)40(91)54(24(10-77)112-62)121-68-51(102)58(122-67-50(101)45(96)56(26(12-79)114-67)117-61-31(71-18(4)82)39(90)53(23(9-76)111-61)120-66-48(99)43(94)35(86)21(7-74)109-66)36(87)27(115-68)13-104-64-49(100)44(95)55(25(11-78)113-64)116-60-30(70-17(3)81)38(89)52(22(8-75)110-60)119-65-47(98)42(93)34(85)20(6-73)108-65/h15,20-68,73-79,84-103H,6-14H2,1-5H3,(H,69,80)(H,70,81)(H,71,82)(H,72,83)/t15-,20+,21+,22+,23+,24+,25+,26+,27+,28+,29+,30+,31+,32+,33+,34-,35-,36+,37+,38+,39+,40+,41+,42-,43-,44+,45+,46-,47+,48+,49-,50-,51-,52+,53+,54+,55+,56+,57+,58-,59+,60?,61?,62?,63+,64?,65?,66?,67?,68?/m0/s1. The van der Waals surface area contributed by atoms with E-state index in [-0.39, 0.29) is 0 Å². The van der Waals surface area contributed by atoms with Crippen molar-refractivity contribution in [2.24, 2.45) is 0 Å². The van der Waals surface area contributed by atoms with Crippen LogP contribution in [-0.4, -0.2) is 528 Å². The van der Waals surface area contributed by atoms with E-state index in [9.17, 15) is 157 Å². The number of ether oxygens (including phenoxy) is 19. The molecule has 50 atom stereocenters. The minimum absolute atomic E-state index is 0.833. The maximum absolute atomic E-state index is 13.2. The van der Waals surface area contributed by atoms with Gasteiger partial charge >= 0.3 is 0 Å². The molecular weight excluding hydrogens is 1670 g/mol. The third kappa shape index (κ3) is 22.0. The van der Waals surface area contributed by atoms with Crippen LogP contribution in [0.2, 0.25) is 0 Å². The third-order valence-corrected chi connectivity index (χ3v) is 22.4. The molecule has 0 spiro atoms. The summed E-state index contributed by atoms with van der Waals surface area (Å²) in [6.07, 6.45) is -92.8. The van der Waals surface area contributed by atoms with Gasteiger partial charge in [0.2, 0.25) is 23.6 Å². The van der Waals surface area contributed by atoms with Crippen molar-refractivity contribution in [2.45, 2.75) is 341 Å². The predicted molar refractivity (Wildman–Crippen MR) is 375 cm³/mol. The molecule has 0 saturated carbocycles. The first kappa shape index (κ1) is 100. The molecule has 122 heavy (non-hydrogen) atoms. The van der Waals surface area contributed by atoms with E-state index in [1.165, 1.54) is 6.92 Å². The van der Waals surface area contributed by atoms with Crippen molar-refractivity contribution < 1.29 is 247 Å². The summed E-state index contributed by atoms with van der Waals surface area (Å²) >= 11 is 0. The topological polar surface area (TPSA) is 838 Å². The van der Waals surface area contributed by atoms with Crippen LogP contribution in [0.3, 0.4) is 0 Å². The van der Waals surface area contributed by atoms with Gasteiger partial charge in [-0.2, -0.15) is 0 Å². The smallest absolute Gasteiger partial charge is 0.217 e. The van der Waals surface area contributed by atoms with Gasteiger partial charge in [0.05, 0.1) is 65.6 Å². The molecule has 10 aliphatic heterocycles. The summed E-state index contributed by atoms with van der Waals surface area (Å²) in [6, 6.07) is -7.38. The summed E-state index contributed by atoms with van der Waals surface area (Å²) in [5, 5.41) is 309. The van der Waals surface area contributed by atoms with Crippen LogP contribution in [0.15, 0.2) is 0 Å². The maximum Gasteiger partial charge on any atom is 0.217 e. The number of amides is 4. The van der Waals surface area contributed by atoms with Gasteiger partial charge in [0.15, 0.2) is 62.9 Å². The molecule has 31 N–H and O–H groups in total. The lowest BCUT2D eigenvalue weighted by molar-refractivity contribution is -0.392. The van der Waals surface area contributed by atoms with Crippen LogP contribution >= 0.6 is 0 Å². The molecule has 10 rings (SSSR count). The second-order valence-corrected chi connectivity index (χ2v) is 31.0. The molecule has 10 aliphatic rings. The Morgan fingerprint density at radius 2 is 0.475 bits per heavy atom. The summed E-state index contributed by atoms with van der Waals surface area (Å²) in [7, 11) is 0. The number of nitrogens with one attached hydrogen (secondary N) is 4. The molecule has 54 nitrogen and oxygen atoms in total. The van der Waals surface area contributed by atoms with Gasteiger partial charge in [-0.3, -0.25) is 19.2 Å². The Kier molecular flexibility index (Phi) is 35.8. The highest BCUT2D eigenvalue weighted by Crippen LogP contribution is 2.40. The van der Waals surface area contributed by atoms with E-state index >= 15 is 0 Å². The number of rotatable bonds is 31. The van der Waals surface area contributed by atoms with Crippen LogP contribution in [0.4, 0.5) is 0 Å². The molecule has 0 aliphatic carbocycles. The molecule has 8 unspecified atom stereocenters. The first-order valence-electron chi connectivity index (χ1n) is 39.0. The van der Waals surface area contributed by atoms with Gasteiger partial charge in [0.25, 0.3) is 0 Å². The zero-order chi connectivity index (χ0) is 89.8. The fourth-order valence-electron chi connectivity index (χ4n) is 15.8. The van der Waals surface area contributed by atoms with E-state index in [2.05, 4.69) is 21.3 Å². The molecular formula is C68H114N4O50. The van der Waals surface area contributed by atoms with Crippen LogP contribution in [0.1, 0.15) is 34.6 Å². The highest BCUT2D eigenvalue weighted by molar-refractivity contribution is 5.74. The molecule has 0 aromatic heterocycles. The fourth-order valence-corrected chi connectivity index (χ4v) is 15.8. The van der Waals surface area contributed by atoms with Crippen molar-refractivity contribution in [3.05, 3.63) is 0 Å². The van der Waals surface area contributed by atoms with Crippen LogP contribution in [0.5, 0.6) is 0 Å². The van der Waals surface area contributed by atoms with E-state index in [1.54, 1.807) is 0 Å².